The monoisotopic (exact) mass is 321 g/mol. The van der Waals surface area contributed by atoms with Gasteiger partial charge < -0.3 is 15.7 Å². The van der Waals surface area contributed by atoms with E-state index in [-0.39, 0.29) is 0 Å². The molecule has 0 bridgehead atoms. The van der Waals surface area contributed by atoms with Crippen LogP contribution in [0, 0.1) is 0 Å². The number of thioether (sulfide) groups is 1. The van der Waals surface area contributed by atoms with Gasteiger partial charge in [-0.05, 0) is 30.6 Å². The van der Waals surface area contributed by atoms with Crippen molar-refractivity contribution < 1.29 is 5.11 Å². The zero-order valence-corrected chi connectivity index (χ0v) is 14.3. The molecule has 5 heteroatoms. The molecule has 1 aliphatic heterocycles. The average molecular weight is 321 g/mol. The molecule has 0 spiro atoms. The van der Waals surface area contributed by atoms with Crippen molar-refractivity contribution in [3.63, 3.8) is 0 Å². The van der Waals surface area contributed by atoms with E-state index in [0.717, 1.165) is 37.0 Å². The molecular weight excluding hydrogens is 294 g/mol. The smallest absolute Gasteiger partial charge is 0.191 e. The van der Waals surface area contributed by atoms with Crippen molar-refractivity contribution in [1.82, 2.24) is 10.6 Å². The Morgan fingerprint density at radius 2 is 2.14 bits per heavy atom. The van der Waals surface area contributed by atoms with Gasteiger partial charge in [-0.3, -0.25) is 4.99 Å². The Labute approximate surface area is 137 Å². The molecule has 2 rings (SSSR count). The van der Waals surface area contributed by atoms with Crippen LogP contribution in [0.5, 0.6) is 0 Å². The molecule has 1 aromatic rings. The van der Waals surface area contributed by atoms with E-state index in [2.05, 4.69) is 53.7 Å². The van der Waals surface area contributed by atoms with Crippen molar-refractivity contribution in [3.8, 4) is 0 Å². The lowest BCUT2D eigenvalue weighted by Gasteiger charge is -2.20. The van der Waals surface area contributed by atoms with Gasteiger partial charge in [-0.2, -0.15) is 11.8 Å². The van der Waals surface area contributed by atoms with Crippen LogP contribution in [0.25, 0.3) is 0 Å². The third-order valence-electron chi connectivity index (χ3n) is 3.90. The van der Waals surface area contributed by atoms with Gasteiger partial charge in [-0.1, -0.05) is 37.3 Å². The van der Waals surface area contributed by atoms with Crippen molar-refractivity contribution in [2.75, 3.05) is 31.1 Å². The minimum Gasteiger partial charge on any atom is -0.387 e. The first-order valence-corrected chi connectivity index (χ1v) is 9.16. The lowest BCUT2D eigenvalue weighted by atomic mass is 10.0. The highest BCUT2D eigenvalue weighted by Crippen LogP contribution is 2.27. The molecule has 1 heterocycles. The SMILES string of the molecule is CCNC(=NCC1(O)CCSC1)NCC(C)c1ccccc1. The molecule has 1 fully saturated rings. The van der Waals surface area contributed by atoms with Crippen molar-refractivity contribution in [3.05, 3.63) is 35.9 Å². The van der Waals surface area contributed by atoms with Gasteiger partial charge in [0.2, 0.25) is 0 Å². The van der Waals surface area contributed by atoms with E-state index in [9.17, 15) is 5.11 Å². The zero-order chi connectivity index (χ0) is 15.8. The van der Waals surface area contributed by atoms with E-state index in [1.807, 2.05) is 6.07 Å². The van der Waals surface area contributed by atoms with E-state index in [4.69, 9.17) is 0 Å². The van der Waals surface area contributed by atoms with Gasteiger partial charge in [0.05, 0.1) is 12.1 Å². The quantitative estimate of drug-likeness (QED) is 0.555. The van der Waals surface area contributed by atoms with Gasteiger partial charge in [0, 0.05) is 18.8 Å². The van der Waals surface area contributed by atoms with E-state index in [1.165, 1.54) is 5.56 Å². The number of aliphatic imine (C=N–C) groups is 1. The Balaban J connectivity index is 1.88. The molecule has 0 saturated carbocycles. The fraction of sp³-hybridized carbons (Fsp3) is 0.588. The molecular formula is C17H27N3OS. The van der Waals surface area contributed by atoms with Gasteiger partial charge in [0.15, 0.2) is 5.96 Å². The third-order valence-corrected chi connectivity index (χ3v) is 5.14. The number of nitrogens with one attached hydrogen (secondary N) is 2. The summed E-state index contributed by atoms with van der Waals surface area (Å²) in [6.45, 7) is 6.36. The number of aliphatic hydroxyl groups is 1. The summed E-state index contributed by atoms with van der Waals surface area (Å²) in [5.41, 5.74) is 0.689. The summed E-state index contributed by atoms with van der Waals surface area (Å²) in [6, 6.07) is 10.5. The van der Waals surface area contributed by atoms with Crippen LogP contribution in [0.15, 0.2) is 35.3 Å². The molecule has 22 heavy (non-hydrogen) atoms. The fourth-order valence-corrected chi connectivity index (χ4v) is 3.72. The maximum Gasteiger partial charge on any atom is 0.191 e. The minimum absolute atomic E-state index is 0.412. The predicted molar refractivity (Wildman–Crippen MR) is 95.7 cm³/mol. The molecule has 4 nitrogen and oxygen atoms in total. The van der Waals surface area contributed by atoms with Crippen LogP contribution in [0.4, 0.5) is 0 Å². The standard InChI is InChI=1S/C17H27N3OS/c1-3-18-16(20-12-17(21)9-10-22-13-17)19-11-14(2)15-7-5-4-6-8-15/h4-8,14,21H,3,9-13H2,1-2H3,(H2,18,19,20). The minimum atomic E-state index is -0.627. The number of hydrogen-bond acceptors (Lipinski definition) is 3. The fourth-order valence-electron chi connectivity index (χ4n) is 2.44. The molecule has 2 unspecified atom stereocenters. The summed E-state index contributed by atoms with van der Waals surface area (Å²) in [5, 5.41) is 17.0. The Morgan fingerprint density at radius 3 is 2.77 bits per heavy atom. The topological polar surface area (TPSA) is 56.7 Å². The van der Waals surface area contributed by atoms with Gasteiger partial charge >= 0.3 is 0 Å². The van der Waals surface area contributed by atoms with Crippen molar-refractivity contribution in [2.24, 2.45) is 4.99 Å². The number of rotatable bonds is 6. The first-order valence-electron chi connectivity index (χ1n) is 8.00. The van der Waals surface area contributed by atoms with Crippen LogP contribution >= 0.6 is 11.8 Å². The molecule has 0 radical (unpaired) electrons. The van der Waals surface area contributed by atoms with Crippen molar-refractivity contribution in [2.45, 2.75) is 31.8 Å². The molecule has 0 amide bonds. The van der Waals surface area contributed by atoms with E-state index in [1.54, 1.807) is 11.8 Å². The Bertz CT molecular complexity index is 472. The predicted octanol–water partition coefficient (Wildman–Crippen LogP) is 2.21. The summed E-state index contributed by atoms with van der Waals surface area (Å²) in [7, 11) is 0. The molecule has 1 saturated heterocycles. The van der Waals surface area contributed by atoms with E-state index >= 15 is 0 Å². The lowest BCUT2D eigenvalue weighted by molar-refractivity contribution is 0.0778. The summed E-state index contributed by atoms with van der Waals surface area (Å²) < 4.78 is 0. The number of benzene rings is 1. The Hall–Kier alpha value is -1.20. The second-order valence-corrected chi connectivity index (χ2v) is 7.02. The van der Waals surface area contributed by atoms with Crippen LogP contribution < -0.4 is 10.6 Å². The van der Waals surface area contributed by atoms with Gasteiger partial charge in [0.25, 0.3) is 0 Å². The maximum absolute atomic E-state index is 10.4. The van der Waals surface area contributed by atoms with Crippen LogP contribution in [0.3, 0.4) is 0 Å². The Morgan fingerprint density at radius 1 is 1.36 bits per heavy atom. The second kappa shape index (κ2) is 8.44. The largest absolute Gasteiger partial charge is 0.387 e. The summed E-state index contributed by atoms with van der Waals surface area (Å²) >= 11 is 1.80. The number of guanidine groups is 1. The van der Waals surface area contributed by atoms with Gasteiger partial charge in [0.1, 0.15) is 0 Å². The maximum atomic E-state index is 10.4. The van der Waals surface area contributed by atoms with Gasteiger partial charge in [-0.15, -0.1) is 0 Å². The molecule has 0 aromatic heterocycles. The normalized spacial score (nSPS) is 23.3. The molecule has 3 N–H and O–H groups in total. The second-order valence-electron chi connectivity index (χ2n) is 5.91. The lowest BCUT2D eigenvalue weighted by Crippen LogP contribution is -2.41. The van der Waals surface area contributed by atoms with E-state index < -0.39 is 5.60 Å². The first kappa shape index (κ1) is 17.2. The van der Waals surface area contributed by atoms with Crippen LogP contribution in [0.2, 0.25) is 0 Å². The van der Waals surface area contributed by atoms with Crippen LogP contribution in [-0.4, -0.2) is 47.8 Å². The molecule has 1 aromatic carbocycles. The summed E-state index contributed by atoms with van der Waals surface area (Å²) in [4.78, 5) is 4.56. The summed E-state index contributed by atoms with van der Waals surface area (Å²) in [5.74, 6) is 3.02. The molecule has 0 aliphatic carbocycles. The van der Waals surface area contributed by atoms with Crippen LogP contribution in [0.1, 0.15) is 31.7 Å². The first-order chi connectivity index (χ1) is 10.6. The highest BCUT2D eigenvalue weighted by atomic mass is 32.2. The molecule has 2 atom stereocenters. The molecule has 122 valence electrons. The van der Waals surface area contributed by atoms with Crippen molar-refractivity contribution >= 4 is 17.7 Å². The number of nitrogens with zero attached hydrogens (tertiary/aromatic N) is 1. The number of hydrogen-bond donors (Lipinski definition) is 3. The highest BCUT2D eigenvalue weighted by molar-refractivity contribution is 7.99. The Kier molecular flexibility index (Phi) is 6.58. The zero-order valence-electron chi connectivity index (χ0n) is 13.5. The molecule has 1 aliphatic rings. The van der Waals surface area contributed by atoms with Gasteiger partial charge in [-0.25, -0.2) is 0 Å². The average Bonchev–Trinajstić information content (AvgIpc) is 2.98. The highest BCUT2D eigenvalue weighted by Gasteiger charge is 2.31. The summed E-state index contributed by atoms with van der Waals surface area (Å²) in [6.07, 6.45) is 0.834. The third kappa shape index (κ3) is 5.21. The van der Waals surface area contributed by atoms with E-state index in [0.29, 0.717) is 12.5 Å². The van der Waals surface area contributed by atoms with Crippen molar-refractivity contribution in [1.29, 1.82) is 0 Å². The van der Waals surface area contributed by atoms with Crippen LogP contribution in [-0.2, 0) is 0 Å².